The first-order valence-corrected chi connectivity index (χ1v) is 7.54. The monoisotopic (exact) mass is 264 g/mol. The molecule has 0 spiro atoms. The summed E-state index contributed by atoms with van der Waals surface area (Å²) in [5.41, 5.74) is -1.30. The van der Waals surface area contributed by atoms with Gasteiger partial charge in [0.05, 0.1) is 5.41 Å². The van der Waals surface area contributed by atoms with Gasteiger partial charge in [-0.3, -0.25) is 0 Å². The van der Waals surface area contributed by atoms with Crippen LogP contribution in [0.4, 0.5) is 13.2 Å². The van der Waals surface area contributed by atoms with Crippen LogP contribution in [0.1, 0.15) is 78.1 Å². The molecule has 1 saturated carbocycles. The van der Waals surface area contributed by atoms with Crippen LogP contribution in [0.2, 0.25) is 0 Å². The van der Waals surface area contributed by atoms with Gasteiger partial charge in [-0.05, 0) is 31.6 Å². The molecule has 0 amide bonds. The van der Waals surface area contributed by atoms with Crippen LogP contribution in [-0.4, -0.2) is 6.18 Å². The first kappa shape index (κ1) is 15.8. The van der Waals surface area contributed by atoms with Gasteiger partial charge in [-0.2, -0.15) is 13.2 Å². The summed E-state index contributed by atoms with van der Waals surface area (Å²) in [6.07, 6.45) is 4.61. The lowest BCUT2D eigenvalue weighted by Crippen LogP contribution is -2.32. The second kappa shape index (κ2) is 6.81. The average molecular weight is 264 g/mol. The highest BCUT2D eigenvalue weighted by Gasteiger charge is 2.66. The topological polar surface area (TPSA) is 0 Å². The van der Waals surface area contributed by atoms with E-state index < -0.39 is 11.6 Å². The Hall–Kier alpha value is -0.210. The molecule has 3 heteroatoms. The Balaban J connectivity index is 2.50. The summed E-state index contributed by atoms with van der Waals surface area (Å²) in [6.45, 7) is 4.19. The molecule has 1 unspecified atom stereocenters. The Bertz CT molecular complexity index is 228. The molecule has 18 heavy (non-hydrogen) atoms. The zero-order valence-corrected chi connectivity index (χ0v) is 11.8. The maximum atomic E-state index is 13.1. The second-order valence-electron chi connectivity index (χ2n) is 5.84. The van der Waals surface area contributed by atoms with Crippen molar-refractivity contribution in [1.29, 1.82) is 0 Å². The quantitative estimate of drug-likeness (QED) is 0.441. The minimum absolute atomic E-state index is 0.116. The Labute approximate surface area is 109 Å². The van der Waals surface area contributed by atoms with Crippen molar-refractivity contribution in [2.45, 2.75) is 84.2 Å². The Morgan fingerprint density at radius 3 is 1.89 bits per heavy atom. The van der Waals surface area contributed by atoms with Gasteiger partial charge < -0.3 is 0 Å². The van der Waals surface area contributed by atoms with Crippen LogP contribution in [0, 0.1) is 11.3 Å². The molecule has 1 aliphatic rings. The fraction of sp³-hybridized carbons (Fsp3) is 1.00. The highest BCUT2D eigenvalue weighted by molar-refractivity contribution is 5.03. The van der Waals surface area contributed by atoms with Gasteiger partial charge in [0.1, 0.15) is 0 Å². The van der Waals surface area contributed by atoms with E-state index in [1.165, 1.54) is 0 Å². The van der Waals surface area contributed by atoms with Crippen LogP contribution >= 0.6 is 0 Å². The van der Waals surface area contributed by atoms with Crippen LogP contribution in [0.25, 0.3) is 0 Å². The summed E-state index contributed by atoms with van der Waals surface area (Å²) in [4.78, 5) is 0. The molecule has 0 saturated heterocycles. The number of unbranched alkanes of at least 4 members (excludes halogenated alkanes) is 4. The molecule has 0 aromatic heterocycles. The molecule has 0 aromatic carbocycles. The molecule has 0 bridgehead atoms. The summed E-state index contributed by atoms with van der Waals surface area (Å²) in [5, 5.41) is 0. The van der Waals surface area contributed by atoms with Crippen LogP contribution in [0.3, 0.4) is 0 Å². The second-order valence-corrected chi connectivity index (χ2v) is 5.84. The Kier molecular flexibility index (Phi) is 6.00. The van der Waals surface area contributed by atoms with E-state index in [9.17, 15) is 13.2 Å². The van der Waals surface area contributed by atoms with Crippen LogP contribution < -0.4 is 0 Å². The third kappa shape index (κ3) is 3.89. The molecular weight excluding hydrogens is 237 g/mol. The summed E-state index contributed by atoms with van der Waals surface area (Å²) in [5.74, 6) is -0.116. The molecule has 1 rings (SSSR count). The average Bonchev–Trinajstić information content (AvgIpc) is 3.08. The van der Waals surface area contributed by atoms with Gasteiger partial charge in [-0.1, -0.05) is 52.4 Å². The number of hydrogen-bond donors (Lipinski definition) is 0. The Morgan fingerprint density at radius 2 is 1.44 bits per heavy atom. The van der Waals surface area contributed by atoms with Crippen LogP contribution in [0.15, 0.2) is 0 Å². The van der Waals surface area contributed by atoms with Crippen molar-refractivity contribution in [2.24, 2.45) is 11.3 Å². The van der Waals surface area contributed by atoms with Gasteiger partial charge in [0.25, 0.3) is 0 Å². The standard InChI is InChI=1S/C15H27F3/c1-3-5-7-8-10-13(9-6-4-2)14(11-12-14)15(16,17)18/h13H,3-12H2,1-2H3. The van der Waals surface area contributed by atoms with Crippen molar-refractivity contribution < 1.29 is 13.2 Å². The van der Waals surface area contributed by atoms with E-state index in [1.807, 2.05) is 0 Å². The smallest absolute Gasteiger partial charge is 0.170 e. The molecule has 1 atom stereocenters. The summed E-state index contributed by atoms with van der Waals surface area (Å²) in [7, 11) is 0. The molecule has 0 aromatic rings. The molecule has 1 fully saturated rings. The molecule has 0 nitrogen and oxygen atoms in total. The summed E-state index contributed by atoms with van der Waals surface area (Å²) in [6, 6.07) is 0. The Morgan fingerprint density at radius 1 is 0.889 bits per heavy atom. The highest BCUT2D eigenvalue weighted by Crippen LogP contribution is 2.64. The van der Waals surface area contributed by atoms with Crippen molar-refractivity contribution in [1.82, 2.24) is 0 Å². The van der Waals surface area contributed by atoms with Crippen molar-refractivity contribution in [3.8, 4) is 0 Å². The first-order valence-electron chi connectivity index (χ1n) is 7.54. The van der Waals surface area contributed by atoms with Crippen LogP contribution in [0.5, 0.6) is 0 Å². The van der Waals surface area contributed by atoms with Crippen molar-refractivity contribution in [3.05, 3.63) is 0 Å². The summed E-state index contributed by atoms with van der Waals surface area (Å²) >= 11 is 0. The van der Waals surface area contributed by atoms with Gasteiger partial charge in [-0.25, -0.2) is 0 Å². The molecule has 0 N–H and O–H groups in total. The number of rotatable bonds is 9. The SMILES string of the molecule is CCCCCCC(CCCC)C1(C(F)(F)F)CC1. The van der Waals surface area contributed by atoms with Crippen molar-refractivity contribution in [3.63, 3.8) is 0 Å². The van der Waals surface area contributed by atoms with E-state index in [2.05, 4.69) is 13.8 Å². The van der Waals surface area contributed by atoms with Crippen molar-refractivity contribution in [2.75, 3.05) is 0 Å². The van der Waals surface area contributed by atoms with Gasteiger partial charge in [0, 0.05) is 0 Å². The van der Waals surface area contributed by atoms with Crippen LogP contribution in [-0.2, 0) is 0 Å². The number of halogens is 3. The minimum atomic E-state index is -3.98. The van der Waals surface area contributed by atoms with E-state index >= 15 is 0 Å². The third-order valence-corrected chi connectivity index (χ3v) is 4.45. The zero-order chi connectivity index (χ0) is 13.6. The predicted molar refractivity (Wildman–Crippen MR) is 69.5 cm³/mol. The fourth-order valence-electron chi connectivity index (χ4n) is 3.02. The zero-order valence-electron chi connectivity index (χ0n) is 11.8. The van der Waals surface area contributed by atoms with Gasteiger partial charge in [0.2, 0.25) is 0 Å². The third-order valence-electron chi connectivity index (χ3n) is 4.45. The molecule has 108 valence electrons. The van der Waals surface area contributed by atoms with Crippen molar-refractivity contribution >= 4 is 0 Å². The van der Waals surface area contributed by atoms with E-state index in [-0.39, 0.29) is 5.92 Å². The lowest BCUT2D eigenvalue weighted by atomic mass is 9.80. The molecule has 0 radical (unpaired) electrons. The number of alkyl halides is 3. The normalized spacial score (nSPS) is 19.8. The first-order chi connectivity index (χ1) is 8.48. The molecule has 0 heterocycles. The molecular formula is C15H27F3. The largest absolute Gasteiger partial charge is 0.394 e. The molecule has 1 aliphatic carbocycles. The minimum Gasteiger partial charge on any atom is -0.170 e. The highest BCUT2D eigenvalue weighted by atomic mass is 19.4. The predicted octanol–water partition coefficient (Wildman–Crippen LogP) is 6.11. The lowest BCUT2D eigenvalue weighted by Gasteiger charge is -2.29. The van der Waals surface area contributed by atoms with E-state index in [4.69, 9.17) is 0 Å². The summed E-state index contributed by atoms with van der Waals surface area (Å²) < 4.78 is 39.4. The van der Waals surface area contributed by atoms with E-state index in [0.29, 0.717) is 12.8 Å². The van der Waals surface area contributed by atoms with Gasteiger partial charge in [-0.15, -0.1) is 0 Å². The molecule has 0 aliphatic heterocycles. The lowest BCUT2D eigenvalue weighted by molar-refractivity contribution is -0.204. The maximum absolute atomic E-state index is 13.1. The maximum Gasteiger partial charge on any atom is 0.394 e. The van der Waals surface area contributed by atoms with Gasteiger partial charge in [0.15, 0.2) is 0 Å². The fourth-order valence-corrected chi connectivity index (χ4v) is 3.02. The number of hydrogen-bond acceptors (Lipinski definition) is 0. The van der Waals surface area contributed by atoms with E-state index in [1.54, 1.807) is 0 Å². The van der Waals surface area contributed by atoms with Gasteiger partial charge >= 0.3 is 6.18 Å². The van der Waals surface area contributed by atoms with E-state index in [0.717, 1.165) is 51.4 Å².